The molecular formula is C30H49N3O4S. The van der Waals surface area contributed by atoms with Crippen LogP contribution in [0.3, 0.4) is 0 Å². The fourth-order valence-electron chi connectivity index (χ4n) is 4.84. The van der Waals surface area contributed by atoms with Gasteiger partial charge in [-0.2, -0.15) is 11.8 Å². The lowest BCUT2D eigenvalue weighted by atomic mass is 9.91. The van der Waals surface area contributed by atoms with Crippen LogP contribution < -0.4 is 10.6 Å². The summed E-state index contributed by atoms with van der Waals surface area (Å²) in [6, 6.07) is 4.40. The lowest BCUT2D eigenvalue weighted by Crippen LogP contribution is -2.59. The van der Waals surface area contributed by atoms with Gasteiger partial charge in [-0.25, -0.2) is 4.79 Å². The van der Waals surface area contributed by atoms with Crippen LogP contribution in [0.1, 0.15) is 103 Å². The van der Waals surface area contributed by atoms with Gasteiger partial charge in [-0.05, 0) is 103 Å². The molecule has 1 saturated carbocycles. The highest BCUT2D eigenvalue weighted by molar-refractivity contribution is 7.98. The Bertz CT molecular complexity index is 961. The summed E-state index contributed by atoms with van der Waals surface area (Å²) >= 11 is 1.60. The molecule has 0 radical (unpaired) electrons. The molecule has 2 rings (SSSR count). The molecule has 2 unspecified atom stereocenters. The van der Waals surface area contributed by atoms with Crippen LogP contribution in [-0.4, -0.2) is 58.0 Å². The second-order valence-corrected chi connectivity index (χ2v) is 13.4. The topological polar surface area (TPSA) is 87.7 Å². The fourth-order valence-corrected chi connectivity index (χ4v) is 5.31. The van der Waals surface area contributed by atoms with Crippen molar-refractivity contribution in [1.82, 2.24) is 15.5 Å². The number of alkyl carbamates (subject to hydrolysis) is 1. The molecule has 1 aliphatic rings. The van der Waals surface area contributed by atoms with Gasteiger partial charge in [0.15, 0.2) is 0 Å². The summed E-state index contributed by atoms with van der Waals surface area (Å²) < 4.78 is 5.48. The minimum Gasteiger partial charge on any atom is -0.444 e. The third-order valence-corrected chi connectivity index (χ3v) is 7.51. The molecule has 1 aromatic carbocycles. The van der Waals surface area contributed by atoms with E-state index in [0.29, 0.717) is 12.2 Å². The first kappa shape index (κ1) is 32.0. The van der Waals surface area contributed by atoms with Gasteiger partial charge in [0.2, 0.25) is 11.8 Å². The molecule has 0 bridgehead atoms. The number of amides is 3. The van der Waals surface area contributed by atoms with E-state index < -0.39 is 29.3 Å². The van der Waals surface area contributed by atoms with E-state index in [2.05, 4.69) is 10.6 Å². The quantitative estimate of drug-likeness (QED) is 0.392. The number of thioether (sulfide) groups is 1. The van der Waals surface area contributed by atoms with Crippen LogP contribution >= 0.6 is 11.8 Å². The number of nitrogens with zero attached hydrogens (tertiary/aromatic N) is 1. The number of benzene rings is 1. The highest BCUT2D eigenvalue weighted by Crippen LogP contribution is 2.32. The van der Waals surface area contributed by atoms with Gasteiger partial charge in [-0.15, -0.1) is 0 Å². The molecule has 1 aromatic rings. The Hall–Kier alpha value is -2.22. The van der Waals surface area contributed by atoms with Crippen molar-refractivity contribution >= 4 is 29.7 Å². The maximum absolute atomic E-state index is 14.3. The molecular weight excluding hydrogens is 498 g/mol. The normalized spacial score (nSPS) is 16.3. The molecule has 2 N–H and O–H groups in total. The molecule has 0 spiro atoms. The number of carbonyl (C=O) groups is 3. The van der Waals surface area contributed by atoms with Crippen LogP contribution in [0.25, 0.3) is 0 Å². The Morgan fingerprint density at radius 2 is 1.66 bits per heavy atom. The third-order valence-electron chi connectivity index (χ3n) is 6.86. The average Bonchev–Trinajstić information content (AvgIpc) is 2.80. The Morgan fingerprint density at radius 1 is 1.03 bits per heavy atom. The zero-order valence-corrected chi connectivity index (χ0v) is 25.7. The second-order valence-electron chi connectivity index (χ2n) is 12.4. The molecule has 2 atom stereocenters. The van der Waals surface area contributed by atoms with Crippen LogP contribution in [0.15, 0.2) is 18.2 Å². The van der Waals surface area contributed by atoms with E-state index in [4.69, 9.17) is 4.74 Å². The lowest BCUT2D eigenvalue weighted by molar-refractivity contribution is -0.148. The van der Waals surface area contributed by atoms with Crippen molar-refractivity contribution in [2.24, 2.45) is 0 Å². The number of hydrogen-bond donors (Lipinski definition) is 2. The molecule has 0 aromatic heterocycles. The molecule has 0 saturated heterocycles. The van der Waals surface area contributed by atoms with E-state index in [1.54, 1.807) is 37.4 Å². The Morgan fingerprint density at radius 3 is 2.18 bits per heavy atom. The van der Waals surface area contributed by atoms with Crippen LogP contribution in [0.2, 0.25) is 0 Å². The summed E-state index contributed by atoms with van der Waals surface area (Å²) in [7, 11) is 0. The van der Waals surface area contributed by atoms with Gasteiger partial charge in [0, 0.05) is 11.6 Å². The number of hydrogen-bond acceptors (Lipinski definition) is 5. The minimum atomic E-state index is -0.832. The summed E-state index contributed by atoms with van der Waals surface area (Å²) in [6.45, 7) is 15.2. The van der Waals surface area contributed by atoms with Gasteiger partial charge in [0.25, 0.3) is 0 Å². The molecule has 214 valence electrons. The highest BCUT2D eigenvalue weighted by atomic mass is 32.2. The number of rotatable bonds is 9. The zero-order chi connectivity index (χ0) is 28.7. The van der Waals surface area contributed by atoms with Crippen molar-refractivity contribution in [1.29, 1.82) is 0 Å². The monoisotopic (exact) mass is 547 g/mol. The molecule has 0 aliphatic heterocycles. The third kappa shape index (κ3) is 9.51. The van der Waals surface area contributed by atoms with Crippen molar-refractivity contribution in [3.63, 3.8) is 0 Å². The van der Waals surface area contributed by atoms with Gasteiger partial charge in [0.1, 0.15) is 17.7 Å². The van der Waals surface area contributed by atoms with Crippen LogP contribution in [0, 0.1) is 13.8 Å². The zero-order valence-electron chi connectivity index (χ0n) is 24.9. The average molecular weight is 548 g/mol. The van der Waals surface area contributed by atoms with Gasteiger partial charge >= 0.3 is 6.09 Å². The maximum Gasteiger partial charge on any atom is 0.408 e. The predicted molar refractivity (Wildman–Crippen MR) is 156 cm³/mol. The molecule has 1 aliphatic carbocycles. The first-order valence-corrected chi connectivity index (χ1v) is 15.2. The summed E-state index contributed by atoms with van der Waals surface area (Å²) in [5.41, 5.74) is 1.56. The Labute approximate surface area is 234 Å². The van der Waals surface area contributed by atoms with Crippen molar-refractivity contribution < 1.29 is 19.1 Å². The highest BCUT2D eigenvalue weighted by Gasteiger charge is 2.42. The van der Waals surface area contributed by atoms with Crippen LogP contribution in [-0.2, 0) is 14.3 Å². The Kier molecular flexibility index (Phi) is 11.6. The van der Waals surface area contributed by atoms with Gasteiger partial charge in [-0.3, -0.25) is 9.59 Å². The molecule has 0 heterocycles. The van der Waals surface area contributed by atoms with Crippen molar-refractivity contribution in [3.05, 3.63) is 34.9 Å². The van der Waals surface area contributed by atoms with Crippen molar-refractivity contribution in [2.75, 3.05) is 12.0 Å². The first-order valence-electron chi connectivity index (χ1n) is 13.8. The number of carbonyl (C=O) groups excluding carboxylic acids is 3. The van der Waals surface area contributed by atoms with E-state index >= 15 is 0 Å². The summed E-state index contributed by atoms with van der Waals surface area (Å²) in [5, 5.41) is 6.07. The van der Waals surface area contributed by atoms with E-state index in [1.165, 1.54) is 6.42 Å². The van der Waals surface area contributed by atoms with E-state index in [9.17, 15) is 14.4 Å². The van der Waals surface area contributed by atoms with E-state index in [1.807, 2.05) is 59.1 Å². The standard InChI is InChI=1S/C30H49N3O4S/c1-20-15-16-22(19-21(20)2)25(26(34)31-23-13-11-10-12-14-23)33(29(3,4)5)27(35)24(17-18-38-9)32-28(36)37-30(6,7)8/h15-16,19,23-25H,10-14,17-18H2,1-9H3,(H,31,34)(H,32,36). The second kappa shape index (κ2) is 13.7. The smallest absolute Gasteiger partial charge is 0.408 e. The largest absolute Gasteiger partial charge is 0.444 e. The molecule has 1 fully saturated rings. The van der Waals surface area contributed by atoms with Gasteiger partial charge < -0.3 is 20.3 Å². The number of aryl methyl sites for hydroxylation is 2. The van der Waals surface area contributed by atoms with Crippen molar-refractivity contribution in [2.45, 2.75) is 123 Å². The van der Waals surface area contributed by atoms with E-state index in [-0.39, 0.29) is 17.9 Å². The van der Waals surface area contributed by atoms with Gasteiger partial charge in [0.05, 0.1) is 0 Å². The van der Waals surface area contributed by atoms with Crippen LogP contribution in [0.5, 0.6) is 0 Å². The molecule has 38 heavy (non-hydrogen) atoms. The Balaban J connectivity index is 2.53. The predicted octanol–water partition coefficient (Wildman–Crippen LogP) is 6.07. The number of ether oxygens (including phenoxy) is 1. The minimum absolute atomic E-state index is 0.106. The first-order chi connectivity index (χ1) is 17.6. The van der Waals surface area contributed by atoms with Gasteiger partial charge in [-0.1, -0.05) is 37.5 Å². The lowest BCUT2D eigenvalue weighted by Gasteiger charge is -2.43. The van der Waals surface area contributed by atoms with E-state index in [0.717, 1.165) is 42.4 Å². The maximum atomic E-state index is 14.3. The molecule has 3 amide bonds. The molecule has 8 heteroatoms. The summed E-state index contributed by atoms with van der Waals surface area (Å²) in [4.78, 5) is 42.8. The number of nitrogens with one attached hydrogen (secondary N) is 2. The summed E-state index contributed by atoms with van der Waals surface area (Å²) in [5.74, 6) is 0.205. The summed E-state index contributed by atoms with van der Waals surface area (Å²) in [6.07, 6.45) is 7.03. The van der Waals surface area contributed by atoms with Crippen molar-refractivity contribution in [3.8, 4) is 0 Å². The molecule has 7 nitrogen and oxygen atoms in total. The fraction of sp³-hybridized carbons (Fsp3) is 0.700. The SMILES string of the molecule is CSCCC(NC(=O)OC(C)(C)C)C(=O)N(C(C(=O)NC1CCCCC1)c1ccc(C)c(C)c1)C(C)(C)C. The van der Waals surface area contributed by atoms with Crippen LogP contribution in [0.4, 0.5) is 4.79 Å².